The number of carboxylic acid groups (broad SMARTS) is 1. The zero-order chi connectivity index (χ0) is 24.0. The average Bonchev–Trinajstić information content (AvgIpc) is 3.47. The number of thiophene rings is 1. The van der Waals surface area contributed by atoms with E-state index in [0.717, 1.165) is 12.8 Å². The van der Waals surface area contributed by atoms with Crippen molar-refractivity contribution < 1.29 is 19.6 Å². The van der Waals surface area contributed by atoms with Gasteiger partial charge in [0.1, 0.15) is 11.9 Å². The molecule has 1 amide bonds. The van der Waals surface area contributed by atoms with E-state index in [1.807, 2.05) is 6.92 Å². The molecule has 2 aromatic heterocycles. The van der Waals surface area contributed by atoms with E-state index in [9.17, 15) is 24.8 Å². The van der Waals surface area contributed by atoms with Crippen LogP contribution in [0.3, 0.4) is 0 Å². The molecule has 174 valence electrons. The fraction of sp³-hybridized carbons (Fsp3) is 0.348. The lowest BCUT2D eigenvalue weighted by Crippen LogP contribution is -2.43. The van der Waals surface area contributed by atoms with Crippen molar-refractivity contribution in [3.63, 3.8) is 0 Å². The summed E-state index contributed by atoms with van der Waals surface area (Å²) in [6.45, 7) is 3.51. The first-order valence-corrected chi connectivity index (χ1v) is 11.6. The zero-order valence-electron chi connectivity index (χ0n) is 18.4. The van der Waals surface area contributed by atoms with E-state index in [0.29, 0.717) is 28.5 Å². The summed E-state index contributed by atoms with van der Waals surface area (Å²) >= 11 is 1.29. The van der Waals surface area contributed by atoms with Crippen LogP contribution in [0, 0.1) is 10.1 Å². The molecular formula is C23H26N4O5S. The molecule has 0 fully saturated rings. The monoisotopic (exact) mass is 470 g/mol. The van der Waals surface area contributed by atoms with Gasteiger partial charge in [-0.2, -0.15) is 0 Å². The van der Waals surface area contributed by atoms with Gasteiger partial charge in [0.25, 0.3) is 5.69 Å². The molecule has 2 N–H and O–H groups in total. The number of carbonyl (C=O) groups is 2. The molecule has 3 aromatic rings. The standard InChI is InChI=1S/C23H26N4O5S/c1-3-4-8-18(17-9-5-6-10-19(17)27(31)32)22-24-14-16(25-22)13-20(28)26(15(2)23(29)30)21-11-7-12-33-21/h5-7,9-12,14-15,18H,3-4,8,13H2,1-2H3,(H,24,25)(H,29,30)/t15-,18?/m0/s1. The van der Waals surface area contributed by atoms with Gasteiger partial charge in [0.2, 0.25) is 5.91 Å². The Hall–Kier alpha value is -3.53. The molecule has 0 saturated carbocycles. The lowest BCUT2D eigenvalue weighted by molar-refractivity contribution is -0.385. The molecular weight excluding hydrogens is 444 g/mol. The molecule has 0 aliphatic rings. The van der Waals surface area contributed by atoms with Gasteiger partial charge in [0.05, 0.1) is 16.3 Å². The third kappa shape index (κ3) is 5.64. The summed E-state index contributed by atoms with van der Waals surface area (Å²) in [4.78, 5) is 44.7. The van der Waals surface area contributed by atoms with Crippen LogP contribution in [-0.2, 0) is 16.0 Å². The highest BCUT2D eigenvalue weighted by atomic mass is 32.1. The Balaban J connectivity index is 1.88. The molecule has 0 bridgehead atoms. The molecule has 3 rings (SSSR count). The van der Waals surface area contributed by atoms with Crippen LogP contribution in [0.25, 0.3) is 0 Å². The number of imidazole rings is 1. The molecule has 0 radical (unpaired) electrons. The Kier molecular flexibility index (Phi) is 7.94. The molecule has 2 heterocycles. The van der Waals surface area contributed by atoms with E-state index < -0.39 is 16.9 Å². The number of hydrogen-bond donors (Lipinski definition) is 2. The van der Waals surface area contributed by atoms with Crippen LogP contribution in [0.5, 0.6) is 0 Å². The number of para-hydroxylation sites is 1. The number of aromatic nitrogens is 2. The highest BCUT2D eigenvalue weighted by Gasteiger charge is 2.29. The van der Waals surface area contributed by atoms with Crippen LogP contribution in [0.4, 0.5) is 10.7 Å². The predicted molar refractivity (Wildman–Crippen MR) is 126 cm³/mol. The number of hydrogen-bond acceptors (Lipinski definition) is 6. The van der Waals surface area contributed by atoms with E-state index in [1.165, 1.54) is 29.2 Å². The molecule has 33 heavy (non-hydrogen) atoms. The number of unbranched alkanes of at least 4 members (excludes halogenated alkanes) is 1. The van der Waals surface area contributed by atoms with Crippen LogP contribution in [0.2, 0.25) is 0 Å². The Labute approximate surface area is 195 Å². The minimum absolute atomic E-state index is 0.0341. The summed E-state index contributed by atoms with van der Waals surface area (Å²) in [6.07, 6.45) is 3.92. The number of aromatic amines is 1. The molecule has 0 aliphatic carbocycles. The minimum Gasteiger partial charge on any atom is -0.480 e. The minimum atomic E-state index is -1.10. The molecule has 0 aliphatic heterocycles. The zero-order valence-corrected chi connectivity index (χ0v) is 19.2. The molecule has 1 unspecified atom stereocenters. The first-order chi connectivity index (χ1) is 15.8. The van der Waals surface area contributed by atoms with E-state index in [2.05, 4.69) is 9.97 Å². The number of nitrogens with one attached hydrogen (secondary N) is 1. The second kappa shape index (κ2) is 10.9. The Morgan fingerprint density at radius 2 is 2.03 bits per heavy atom. The first kappa shape index (κ1) is 24.1. The largest absolute Gasteiger partial charge is 0.480 e. The number of nitrogens with zero attached hydrogens (tertiary/aromatic N) is 3. The SMILES string of the molecule is CCCCC(c1ncc(CC(=O)N(c2cccs2)[C@@H](C)C(=O)O)[nH]1)c1ccccc1[N+](=O)[O-]. The number of benzene rings is 1. The smallest absolute Gasteiger partial charge is 0.326 e. The van der Waals surface area contributed by atoms with Crippen molar-refractivity contribution in [2.24, 2.45) is 0 Å². The van der Waals surface area contributed by atoms with Crippen molar-refractivity contribution in [2.75, 3.05) is 4.90 Å². The first-order valence-electron chi connectivity index (χ1n) is 10.7. The summed E-state index contributed by atoms with van der Waals surface area (Å²) in [5.41, 5.74) is 1.13. The predicted octanol–water partition coefficient (Wildman–Crippen LogP) is 4.75. The van der Waals surface area contributed by atoms with Crippen LogP contribution in [-0.4, -0.2) is 37.9 Å². The van der Waals surface area contributed by atoms with Gasteiger partial charge in [-0.25, -0.2) is 9.78 Å². The van der Waals surface area contributed by atoms with Gasteiger partial charge in [-0.1, -0.05) is 38.0 Å². The van der Waals surface area contributed by atoms with Crippen LogP contribution in [0.15, 0.2) is 48.0 Å². The summed E-state index contributed by atoms with van der Waals surface area (Å²) in [7, 11) is 0. The maximum atomic E-state index is 13.1. The Morgan fingerprint density at radius 3 is 2.67 bits per heavy atom. The maximum absolute atomic E-state index is 13.1. The van der Waals surface area contributed by atoms with Gasteiger partial charge in [-0.05, 0) is 30.9 Å². The molecule has 10 heteroatoms. The van der Waals surface area contributed by atoms with Gasteiger partial charge in [-0.15, -0.1) is 11.3 Å². The van der Waals surface area contributed by atoms with Gasteiger partial charge >= 0.3 is 5.97 Å². The van der Waals surface area contributed by atoms with Gasteiger partial charge in [-0.3, -0.25) is 19.8 Å². The maximum Gasteiger partial charge on any atom is 0.326 e. The van der Waals surface area contributed by atoms with Crippen molar-refractivity contribution in [3.8, 4) is 0 Å². The lowest BCUT2D eigenvalue weighted by atomic mass is 9.91. The number of nitro groups is 1. The fourth-order valence-electron chi connectivity index (χ4n) is 3.73. The summed E-state index contributed by atoms with van der Waals surface area (Å²) < 4.78 is 0. The summed E-state index contributed by atoms with van der Waals surface area (Å²) in [5.74, 6) is -1.24. The highest BCUT2D eigenvalue weighted by Crippen LogP contribution is 2.34. The molecule has 2 atom stereocenters. The van der Waals surface area contributed by atoms with Crippen molar-refractivity contribution in [3.05, 3.63) is 75.2 Å². The summed E-state index contributed by atoms with van der Waals surface area (Å²) in [6, 6.07) is 9.05. The van der Waals surface area contributed by atoms with E-state index in [4.69, 9.17) is 0 Å². The van der Waals surface area contributed by atoms with Gasteiger partial charge in [0.15, 0.2) is 0 Å². The number of rotatable bonds is 11. The number of anilines is 1. The number of aliphatic carboxylic acids is 1. The number of carbonyl (C=O) groups excluding carboxylic acids is 1. The quantitative estimate of drug-likeness (QED) is 0.307. The Bertz CT molecular complexity index is 1110. The van der Waals surface area contributed by atoms with Crippen LogP contribution in [0.1, 0.15) is 56.1 Å². The van der Waals surface area contributed by atoms with E-state index in [1.54, 1.807) is 41.9 Å². The molecule has 0 saturated heterocycles. The van der Waals surface area contributed by atoms with Crippen molar-refractivity contribution >= 4 is 33.9 Å². The molecule has 9 nitrogen and oxygen atoms in total. The number of amides is 1. The average molecular weight is 471 g/mol. The lowest BCUT2D eigenvalue weighted by Gasteiger charge is -2.24. The van der Waals surface area contributed by atoms with Gasteiger partial charge < -0.3 is 10.1 Å². The fourth-order valence-corrected chi connectivity index (χ4v) is 4.56. The molecule has 0 spiro atoms. The van der Waals surface area contributed by atoms with Crippen LogP contribution >= 0.6 is 11.3 Å². The second-order valence-electron chi connectivity index (χ2n) is 7.71. The Morgan fingerprint density at radius 1 is 1.27 bits per heavy atom. The summed E-state index contributed by atoms with van der Waals surface area (Å²) in [5, 5.41) is 23.4. The van der Waals surface area contributed by atoms with Crippen molar-refractivity contribution in [1.29, 1.82) is 0 Å². The molecule has 1 aromatic carbocycles. The van der Waals surface area contributed by atoms with Crippen molar-refractivity contribution in [1.82, 2.24) is 9.97 Å². The normalized spacial score (nSPS) is 12.8. The number of carboxylic acids is 1. The van der Waals surface area contributed by atoms with E-state index in [-0.39, 0.29) is 23.9 Å². The number of H-pyrrole nitrogens is 1. The second-order valence-corrected chi connectivity index (χ2v) is 8.64. The van der Waals surface area contributed by atoms with Gasteiger partial charge in [0, 0.05) is 29.4 Å². The number of nitro benzene ring substituents is 1. The topological polar surface area (TPSA) is 129 Å². The highest BCUT2D eigenvalue weighted by molar-refractivity contribution is 7.14. The van der Waals surface area contributed by atoms with Crippen molar-refractivity contribution in [2.45, 2.75) is 51.5 Å². The van der Waals surface area contributed by atoms with Crippen LogP contribution < -0.4 is 4.90 Å². The third-order valence-electron chi connectivity index (χ3n) is 5.43. The van der Waals surface area contributed by atoms with E-state index >= 15 is 0 Å². The third-order valence-corrected chi connectivity index (χ3v) is 6.30.